The number of amides is 2. The summed E-state index contributed by atoms with van der Waals surface area (Å²) in [5.74, 6) is -0.784. The van der Waals surface area contributed by atoms with E-state index in [1.807, 2.05) is 0 Å². The van der Waals surface area contributed by atoms with Gasteiger partial charge >= 0.3 is 0 Å². The van der Waals surface area contributed by atoms with Gasteiger partial charge in [0.2, 0.25) is 5.91 Å². The minimum Gasteiger partial charge on any atom is -0.366 e. The predicted octanol–water partition coefficient (Wildman–Crippen LogP) is 6.78. The Hall–Kier alpha value is -1.84. The SMILES string of the molecule is CCCCCCCCCCCCCCCCCCNC(=O)c1ccccc1C(N)=O. The van der Waals surface area contributed by atoms with E-state index in [1.54, 1.807) is 24.3 Å². The topological polar surface area (TPSA) is 72.2 Å². The molecule has 0 unspecified atom stereocenters. The first-order valence-electron chi connectivity index (χ1n) is 12.3. The quantitative estimate of drug-likeness (QED) is 0.244. The number of primary amides is 1. The van der Waals surface area contributed by atoms with Crippen LogP contribution in [0.2, 0.25) is 0 Å². The summed E-state index contributed by atoms with van der Waals surface area (Å²) in [6.45, 7) is 2.92. The van der Waals surface area contributed by atoms with Crippen LogP contribution in [0.1, 0.15) is 130 Å². The standard InChI is InChI=1S/C26H44N2O2/c1-2-3-4-5-6-7-8-9-10-11-12-13-14-15-16-19-22-28-26(30)24-21-18-17-20-23(24)25(27)29/h17-18,20-21H,2-16,19,22H2,1H3,(H2,27,29)(H,28,30). The number of nitrogens with one attached hydrogen (secondary N) is 1. The predicted molar refractivity (Wildman–Crippen MR) is 127 cm³/mol. The van der Waals surface area contributed by atoms with Gasteiger partial charge in [0.1, 0.15) is 0 Å². The van der Waals surface area contributed by atoms with Crippen molar-refractivity contribution in [3.8, 4) is 0 Å². The van der Waals surface area contributed by atoms with E-state index in [0.717, 1.165) is 12.8 Å². The molecule has 0 bridgehead atoms. The lowest BCUT2D eigenvalue weighted by molar-refractivity contribution is 0.0935. The van der Waals surface area contributed by atoms with Gasteiger partial charge in [0.05, 0.1) is 11.1 Å². The van der Waals surface area contributed by atoms with Crippen LogP contribution in [0.5, 0.6) is 0 Å². The Labute approximate surface area is 184 Å². The van der Waals surface area contributed by atoms with E-state index in [1.165, 1.54) is 89.9 Å². The summed E-state index contributed by atoms with van der Waals surface area (Å²) in [4.78, 5) is 23.6. The average Bonchev–Trinajstić information content (AvgIpc) is 2.75. The minimum absolute atomic E-state index is 0.217. The molecule has 0 saturated heterocycles. The van der Waals surface area contributed by atoms with E-state index in [4.69, 9.17) is 5.73 Å². The van der Waals surface area contributed by atoms with Crippen LogP contribution in [-0.2, 0) is 0 Å². The number of nitrogens with two attached hydrogens (primary N) is 1. The van der Waals surface area contributed by atoms with E-state index in [9.17, 15) is 9.59 Å². The van der Waals surface area contributed by atoms with Crippen LogP contribution < -0.4 is 11.1 Å². The highest BCUT2D eigenvalue weighted by Gasteiger charge is 2.13. The number of hydrogen-bond acceptors (Lipinski definition) is 2. The molecular formula is C26H44N2O2. The van der Waals surface area contributed by atoms with Gasteiger partial charge in [-0.1, -0.05) is 115 Å². The maximum Gasteiger partial charge on any atom is 0.252 e. The van der Waals surface area contributed by atoms with Crippen LogP contribution in [0, 0.1) is 0 Å². The lowest BCUT2D eigenvalue weighted by Gasteiger charge is -2.08. The van der Waals surface area contributed by atoms with Gasteiger partial charge < -0.3 is 11.1 Å². The van der Waals surface area contributed by atoms with Crippen molar-refractivity contribution in [1.29, 1.82) is 0 Å². The number of carbonyl (C=O) groups excluding carboxylic acids is 2. The third-order valence-electron chi connectivity index (χ3n) is 5.75. The summed E-state index contributed by atoms with van der Waals surface area (Å²) in [5, 5.41) is 2.90. The number of carbonyl (C=O) groups is 2. The highest BCUT2D eigenvalue weighted by Crippen LogP contribution is 2.14. The maximum absolute atomic E-state index is 12.2. The van der Waals surface area contributed by atoms with E-state index in [0.29, 0.717) is 12.1 Å². The molecule has 1 rings (SSSR count). The summed E-state index contributed by atoms with van der Waals surface area (Å²) in [5.41, 5.74) is 5.97. The Bertz CT molecular complexity index is 586. The average molecular weight is 417 g/mol. The van der Waals surface area contributed by atoms with Crippen LogP contribution in [0.4, 0.5) is 0 Å². The van der Waals surface area contributed by atoms with Crippen molar-refractivity contribution in [2.24, 2.45) is 5.73 Å². The highest BCUT2D eigenvalue weighted by atomic mass is 16.2. The van der Waals surface area contributed by atoms with Gasteiger partial charge in [0, 0.05) is 6.54 Å². The molecule has 0 aromatic heterocycles. The van der Waals surface area contributed by atoms with Crippen molar-refractivity contribution >= 4 is 11.8 Å². The monoisotopic (exact) mass is 416 g/mol. The second-order valence-corrected chi connectivity index (χ2v) is 8.47. The Morgan fingerprint density at radius 1 is 0.667 bits per heavy atom. The molecule has 0 saturated carbocycles. The molecule has 0 spiro atoms. The molecule has 1 aromatic carbocycles. The van der Waals surface area contributed by atoms with E-state index in [2.05, 4.69) is 12.2 Å². The lowest BCUT2D eigenvalue weighted by Crippen LogP contribution is -2.27. The molecule has 3 N–H and O–H groups in total. The fourth-order valence-electron chi connectivity index (χ4n) is 3.87. The Morgan fingerprint density at radius 3 is 1.50 bits per heavy atom. The fraction of sp³-hybridized carbons (Fsp3) is 0.692. The first-order chi connectivity index (χ1) is 14.7. The molecule has 1 aromatic rings. The molecule has 2 amide bonds. The van der Waals surface area contributed by atoms with Crippen LogP contribution in [0.25, 0.3) is 0 Å². The van der Waals surface area contributed by atoms with Crippen LogP contribution in [0.3, 0.4) is 0 Å². The molecule has 170 valence electrons. The molecule has 4 heteroatoms. The zero-order chi connectivity index (χ0) is 21.9. The molecule has 0 heterocycles. The zero-order valence-electron chi connectivity index (χ0n) is 19.2. The summed E-state index contributed by atoms with van der Waals surface area (Å²) in [6, 6.07) is 6.69. The van der Waals surface area contributed by atoms with Crippen molar-refractivity contribution < 1.29 is 9.59 Å². The summed E-state index contributed by atoms with van der Waals surface area (Å²) >= 11 is 0. The normalized spacial score (nSPS) is 10.8. The summed E-state index contributed by atoms with van der Waals surface area (Å²) in [6.07, 6.45) is 21.4. The molecule has 0 fully saturated rings. The lowest BCUT2D eigenvalue weighted by atomic mass is 10.0. The molecule has 30 heavy (non-hydrogen) atoms. The number of benzene rings is 1. The second-order valence-electron chi connectivity index (χ2n) is 8.47. The van der Waals surface area contributed by atoms with Gasteiger partial charge in [0.15, 0.2) is 0 Å². The van der Waals surface area contributed by atoms with Gasteiger partial charge in [0.25, 0.3) is 5.91 Å². The number of hydrogen-bond donors (Lipinski definition) is 2. The second kappa shape index (κ2) is 18.0. The molecule has 0 aliphatic heterocycles. The summed E-state index contributed by atoms with van der Waals surface area (Å²) in [7, 11) is 0. The maximum atomic E-state index is 12.2. The molecule has 0 radical (unpaired) electrons. The van der Waals surface area contributed by atoms with Crippen molar-refractivity contribution in [3.63, 3.8) is 0 Å². The molecule has 0 aliphatic rings. The molecule has 0 aliphatic carbocycles. The molecular weight excluding hydrogens is 372 g/mol. The molecule has 0 atom stereocenters. The van der Waals surface area contributed by atoms with E-state index < -0.39 is 5.91 Å². The van der Waals surface area contributed by atoms with Crippen molar-refractivity contribution in [1.82, 2.24) is 5.32 Å². The van der Waals surface area contributed by atoms with Crippen molar-refractivity contribution in [2.45, 2.75) is 110 Å². The van der Waals surface area contributed by atoms with Gasteiger partial charge in [-0.3, -0.25) is 9.59 Å². The minimum atomic E-state index is -0.567. The van der Waals surface area contributed by atoms with E-state index in [-0.39, 0.29) is 11.5 Å². The van der Waals surface area contributed by atoms with Gasteiger partial charge in [-0.25, -0.2) is 0 Å². The summed E-state index contributed by atoms with van der Waals surface area (Å²) < 4.78 is 0. The van der Waals surface area contributed by atoms with Crippen LogP contribution in [-0.4, -0.2) is 18.4 Å². The van der Waals surface area contributed by atoms with Crippen molar-refractivity contribution in [3.05, 3.63) is 35.4 Å². The fourth-order valence-corrected chi connectivity index (χ4v) is 3.87. The third kappa shape index (κ3) is 12.7. The van der Waals surface area contributed by atoms with Crippen molar-refractivity contribution in [2.75, 3.05) is 6.54 Å². The first-order valence-corrected chi connectivity index (χ1v) is 12.3. The van der Waals surface area contributed by atoms with Crippen LogP contribution >= 0.6 is 0 Å². The third-order valence-corrected chi connectivity index (χ3v) is 5.75. The Morgan fingerprint density at radius 2 is 1.07 bits per heavy atom. The van der Waals surface area contributed by atoms with Gasteiger partial charge in [-0.05, 0) is 18.6 Å². The Kier molecular flexibility index (Phi) is 15.7. The first kappa shape index (κ1) is 26.2. The largest absolute Gasteiger partial charge is 0.366 e. The van der Waals surface area contributed by atoms with Crippen LogP contribution in [0.15, 0.2) is 24.3 Å². The smallest absolute Gasteiger partial charge is 0.252 e. The zero-order valence-corrected chi connectivity index (χ0v) is 19.2. The van der Waals surface area contributed by atoms with E-state index >= 15 is 0 Å². The Balaban J connectivity index is 1.89. The number of unbranched alkanes of at least 4 members (excludes halogenated alkanes) is 15. The van der Waals surface area contributed by atoms with Gasteiger partial charge in [-0.15, -0.1) is 0 Å². The number of rotatable bonds is 19. The molecule has 4 nitrogen and oxygen atoms in total. The van der Waals surface area contributed by atoms with Gasteiger partial charge in [-0.2, -0.15) is 0 Å². The highest BCUT2D eigenvalue weighted by molar-refractivity contribution is 6.06.